The molecule has 1 amide bonds. The number of allylic oxidation sites excluding steroid dienone is 2. The third kappa shape index (κ3) is 4.83. The van der Waals surface area contributed by atoms with E-state index in [1.807, 2.05) is 35.2 Å². The standard InChI is InChI=1S/C23H35N3O2/c1-19(2)8-7-11-22(27)26-13-12-23(28,20-9-5-4-6-10-20)21(18-26)25-16-14-24(3)15-17-25/h4-6,8-10,21,28H,7,11-18H2,1-3H3/t21-,23+/m1/s1. The van der Waals surface area contributed by atoms with Crippen LogP contribution in [0.15, 0.2) is 42.0 Å². The molecule has 5 heteroatoms. The van der Waals surface area contributed by atoms with Gasteiger partial charge < -0.3 is 14.9 Å². The number of likely N-dealkylation sites (N-methyl/N-ethyl adjacent to an activating group) is 1. The second-order valence-electron chi connectivity index (χ2n) is 8.56. The van der Waals surface area contributed by atoms with E-state index in [0.717, 1.165) is 38.2 Å². The number of benzene rings is 1. The Hall–Kier alpha value is -1.69. The minimum absolute atomic E-state index is 0.0650. The van der Waals surface area contributed by atoms with Gasteiger partial charge in [0.15, 0.2) is 0 Å². The molecule has 2 heterocycles. The van der Waals surface area contributed by atoms with Crippen molar-refractivity contribution in [2.75, 3.05) is 46.3 Å². The van der Waals surface area contributed by atoms with E-state index in [9.17, 15) is 9.90 Å². The van der Waals surface area contributed by atoms with Gasteiger partial charge in [-0.1, -0.05) is 42.0 Å². The van der Waals surface area contributed by atoms with Gasteiger partial charge in [0.2, 0.25) is 5.91 Å². The van der Waals surface area contributed by atoms with Gasteiger partial charge >= 0.3 is 0 Å². The number of rotatable bonds is 5. The van der Waals surface area contributed by atoms with Crippen molar-refractivity contribution in [3.8, 4) is 0 Å². The quantitative estimate of drug-likeness (QED) is 0.791. The highest BCUT2D eigenvalue weighted by Crippen LogP contribution is 2.36. The van der Waals surface area contributed by atoms with Crippen molar-refractivity contribution in [1.29, 1.82) is 0 Å². The largest absolute Gasteiger partial charge is 0.383 e. The number of likely N-dealkylation sites (tertiary alicyclic amines) is 1. The molecule has 2 atom stereocenters. The molecule has 2 aliphatic heterocycles. The predicted molar refractivity (Wildman–Crippen MR) is 113 cm³/mol. The zero-order chi connectivity index (χ0) is 20.1. The smallest absolute Gasteiger partial charge is 0.222 e. The summed E-state index contributed by atoms with van der Waals surface area (Å²) in [7, 11) is 2.14. The van der Waals surface area contributed by atoms with Crippen molar-refractivity contribution < 1.29 is 9.90 Å². The molecule has 1 aromatic rings. The lowest BCUT2D eigenvalue weighted by Gasteiger charge is -2.51. The molecule has 2 saturated heterocycles. The van der Waals surface area contributed by atoms with Crippen LogP contribution >= 0.6 is 0 Å². The van der Waals surface area contributed by atoms with Crippen molar-refractivity contribution >= 4 is 5.91 Å². The Bertz CT molecular complexity index is 678. The van der Waals surface area contributed by atoms with Gasteiger partial charge in [-0.2, -0.15) is 0 Å². The van der Waals surface area contributed by atoms with Crippen molar-refractivity contribution in [1.82, 2.24) is 14.7 Å². The summed E-state index contributed by atoms with van der Waals surface area (Å²) in [6, 6.07) is 9.95. The number of amides is 1. The van der Waals surface area contributed by atoms with Crippen LogP contribution in [0, 0.1) is 0 Å². The van der Waals surface area contributed by atoms with Crippen LogP contribution in [0.1, 0.15) is 38.7 Å². The van der Waals surface area contributed by atoms with E-state index in [0.29, 0.717) is 25.9 Å². The molecule has 0 aliphatic carbocycles. The highest BCUT2D eigenvalue weighted by molar-refractivity contribution is 5.76. The van der Waals surface area contributed by atoms with Gasteiger partial charge in [0.05, 0.1) is 6.04 Å². The second kappa shape index (κ2) is 9.21. The van der Waals surface area contributed by atoms with E-state index in [2.05, 4.69) is 36.8 Å². The lowest BCUT2D eigenvalue weighted by molar-refractivity contribution is -0.145. The Balaban J connectivity index is 1.77. The van der Waals surface area contributed by atoms with Crippen LogP contribution in [-0.4, -0.2) is 78.1 Å². The molecular weight excluding hydrogens is 350 g/mol. The van der Waals surface area contributed by atoms with Gasteiger partial charge in [-0.15, -0.1) is 0 Å². The zero-order valence-electron chi connectivity index (χ0n) is 17.6. The summed E-state index contributed by atoms with van der Waals surface area (Å²) in [4.78, 5) is 19.5. The van der Waals surface area contributed by atoms with Crippen molar-refractivity contribution in [2.24, 2.45) is 0 Å². The third-order valence-electron chi connectivity index (χ3n) is 6.22. The van der Waals surface area contributed by atoms with Crippen molar-refractivity contribution in [2.45, 2.75) is 44.8 Å². The highest BCUT2D eigenvalue weighted by atomic mass is 16.3. The van der Waals surface area contributed by atoms with E-state index in [4.69, 9.17) is 0 Å². The summed E-state index contributed by atoms with van der Waals surface area (Å²) in [5.74, 6) is 0.201. The van der Waals surface area contributed by atoms with Crippen LogP contribution in [-0.2, 0) is 10.4 Å². The Kier molecular flexibility index (Phi) is 6.91. The van der Waals surface area contributed by atoms with Gasteiger partial charge in [-0.05, 0) is 39.3 Å². The fourth-order valence-electron chi connectivity index (χ4n) is 4.41. The number of carbonyl (C=O) groups is 1. The van der Waals surface area contributed by atoms with E-state index in [-0.39, 0.29) is 11.9 Å². The summed E-state index contributed by atoms with van der Waals surface area (Å²) in [6.45, 7) is 9.19. The number of nitrogens with zero attached hydrogens (tertiary/aromatic N) is 3. The number of hydrogen-bond donors (Lipinski definition) is 1. The van der Waals surface area contributed by atoms with E-state index >= 15 is 0 Å². The first-order valence-corrected chi connectivity index (χ1v) is 10.5. The van der Waals surface area contributed by atoms with Crippen LogP contribution in [0.25, 0.3) is 0 Å². The fraction of sp³-hybridized carbons (Fsp3) is 0.609. The molecule has 28 heavy (non-hydrogen) atoms. The lowest BCUT2D eigenvalue weighted by Crippen LogP contribution is -2.64. The van der Waals surface area contributed by atoms with Crippen LogP contribution in [0.4, 0.5) is 0 Å². The lowest BCUT2D eigenvalue weighted by atomic mass is 9.79. The minimum Gasteiger partial charge on any atom is -0.383 e. The molecule has 154 valence electrons. The summed E-state index contributed by atoms with van der Waals surface area (Å²) in [5, 5.41) is 11.8. The highest BCUT2D eigenvalue weighted by Gasteiger charge is 2.46. The average molecular weight is 386 g/mol. The van der Waals surface area contributed by atoms with Gasteiger partial charge in [-0.3, -0.25) is 9.69 Å². The Morgan fingerprint density at radius 1 is 1.14 bits per heavy atom. The van der Waals surface area contributed by atoms with Gasteiger partial charge in [0.1, 0.15) is 5.60 Å². The maximum absolute atomic E-state index is 12.8. The predicted octanol–water partition coefficient (Wildman–Crippen LogP) is 2.47. The fourth-order valence-corrected chi connectivity index (χ4v) is 4.41. The SMILES string of the molecule is CC(C)=CCCC(=O)N1CC[C@](O)(c2ccccc2)[C@H](N2CCN(C)CC2)C1. The first-order chi connectivity index (χ1) is 13.4. The Morgan fingerprint density at radius 2 is 1.82 bits per heavy atom. The molecule has 0 spiro atoms. The number of carbonyl (C=O) groups excluding carboxylic acids is 1. The van der Waals surface area contributed by atoms with Crippen LogP contribution in [0.3, 0.4) is 0 Å². The molecular formula is C23H35N3O2. The maximum atomic E-state index is 12.8. The average Bonchev–Trinajstić information content (AvgIpc) is 2.69. The molecule has 3 rings (SSSR count). The van der Waals surface area contributed by atoms with E-state index in [1.165, 1.54) is 5.57 Å². The summed E-state index contributed by atoms with van der Waals surface area (Å²) >= 11 is 0. The minimum atomic E-state index is -0.909. The van der Waals surface area contributed by atoms with Crippen molar-refractivity contribution in [3.05, 3.63) is 47.5 Å². The monoisotopic (exact) mass is 385 g/mol. The number of piperazine rings is 1. The summed E-state index contributed by atoms with van der Waals surface area (Å²) in [5.41, 5.74) is 1.31. The number of hydrogen-bond acceptors (Lipinski definition) is 4. The second-order valence-corrected chi connectivity index (χ2v) is 8.56. The maximum Gasteiger partial charge on any atom is 0.222 e. The van der Waals surface area contributed by atoms with E-state index < -0.39 is 5.60 Å². The van der Waals surface area contributed by atoms with Crippen molar-refractivity contribution in [3.63, 3.8) is 0 Å². The number of aliphatic hydroxyl groups is 1. The summed E-state index contributed by atoms with van der Waals surface area (Å²) in [6.07, 6.45) is 4.05. The van der Waals surface area contributed by atoms with Crippen LogP contribution in [0.2, 0.25) is 0 Å². The van der Waals surface area contributed by atoms with E-state index in [1.54, 1.807) is 0 Å². The molecule has 5 nitrogen and oxygen atoms in total. The normalized spacial score (nSPS) is 26.9. The summed E-state index contributed by atoms with van der Waals surface area (Å²) < 4.78 is 0. The van der Waals surface area contributed by atoms with Gasteiger partial charge in [-0.25, -0.2) is 0 Å². The third-order valence-corrected chi connectivity index (χ3v) is 6.22. The topological polar surface area (TPSA) is 47.0 Å². The number of piperidine rings is 1. The van der Waals surface area contributed by atoms with Gasteiger partial charge in [0, 0.05) is 45.7 Å². The molecule has 2 fully saturated rings. The first kappa shape index (κ1) is 21.0. The molecule has 2 aliphatic rings. The van der Waals surface area contributed by atoms with Crippen LogP contribution < -0.4 is 0 Å². The Labute approximate surface area is 169 Å². The molecule has 1 aromatic carbocycles. The Morgan fingerprint density at radius 3 is 2.46 bits per heavy atom. The molecule has 0 radical (unpaired) electrons. The van der Waals surface area contributed by atoms with Gasteiger partial charge in [0.25, 0.3) is 0 Å². The zero-order valence-corrected chi connectivity index (χ0v) is 17.6. The molecule has 0 bridgehead atoms. The molecule has 0 aromatic heterocycles. The molecule has 0 unspecified atom stereocenters. The molecule has 0 saturated carbocycles. The van der Waals surface area contributed by atoms with Crippen LogP contribution in [0.5, 0.6) is 0 Å². The first-order valence-electron chi connectivity index (χ1n) is 10.5. The molecule has 1 N–H and O–H groups in total.